The van der Waals surface area contributed by atoms with Crippen molar-refractivity contribution >= 4 is 17.8 Å². The van der Waals surface area contributed by atoms with Crippen LogP contribution < -0.4 is 21.1 Å². The number of nitrogen functional groups attached to an aromatic ring is 1. The van der Waals surface area contributed by atoms with Crippen LogP contribution in [0.3, 0.4) is 0 Å². The molecule has 0 aromatic carbocycles. The van der Waals surface area contributed by atoms with Crippen molar-refractivity contribution in [2.75, 3.05) is 41.4 Å². The number of hydrogen-bond acceptors (Lipinski definition) is 9. The minimum Gasteiger partial charge on any atom is -0.388 e. The fourth-order valence-electron chi connectivity index (χ4n) is 2.14. The SMILES string of the molecule is CCN(CC)c1nc(NN)nc(N2CC(O)C(O)C2)n1. The Balaban J connectivity index is 2.31. The van der Waals surface area contributed by atoms with Gasteiger partial charge in [-0.05, 0) is 13.8 Å². The molecule has 112 valence electrons. The molecule has 2 atom stereocenters. The van der Waals surface area contributed by atoms with Crippen LogP contribution in [0.5, 0.6) is 0 Å². The molecule has 1 fully saturated rings. The van der Waals surface area contributed by atoms with Gasteiger partial charge in [0.05, 0.1) is 12.2 Å². The van der Waals surface area contributed by atoms with Crippen molar-refractivity contribution in [2.45, 2.75) is 26.1 Å². The van der Waals surface area contributed by atoms with E-state index in [1.807, 2.05) is 18.7 Å². The molecule has 0 bridgehead atoms. The van der Waals surface area contributed by atoms with Gasteiger partial charge in [-0.25, -0.2) is 5.84 Å². The number of β-amino-alcohol motifs (C(OH)–C–C–N with tert-alkyl or cyclic N) is 2. The summed E-state index contributed by atoms with van der Waals surface area (Å²) in [5.74, 6) is 6.55. The number of hydrazine groups is 1. The van der Waals surface area contributed by atoms with Gasteiger partial charge in [-0.1, -0.05) is 0 Å². The standard InChI is InChI=1S/C11H21N7O2/c1-3-17(4-2)10-13-9(16-12)14-11(15-10)18-5-7(19)8(20)6-18/h7-8,19-20H,3-6,12H2,1-2H3,(H,13,14,15,16). The first-order valence-electron chi connectivity index (χ1n) is 6.67. The van der Waals surface area contributed by atoms with E-state index in [4.69, 9.17) is 5.84 Å². The number of nitrogens with two attached hydrogens (primary N) is 1. The number of hydrogen-bond donors (Lipinski definition) is 4. The van der Waals surface area contributed by atoms with E-state index in [-0.39, 0.29) is 19.0 Å². The molecule has 0 spiro atoms. The molecule has 2 rings (SSSR count). The van der Waals surface area contributed by atoms with E-state index in [1.165, 1.54) is 0 Å². The zero-order chi connectivity index (χ0) is 14.7. The predicted octanol–water partition coefficient (Wildman–Crippen LogP) is -1.45. The fraction of sp³-hybridized carbons (Fsp3) is 0.727. The fourth-order valence-corrected chi connectivity index (χ4v) is 2.14. The predicted molar refractivity (Wildman–Crippen MR) is 75.4 cm³/mol. The topological polar surface area (TPSA) is 124 Å². The molecule has 2 unspecified atom stereocenters. The van der Waals surface area contributed by atoms with Crippen LogP contribution in [-0.4, -0.2) is 63.6 Å². The Kier molecular flexibility index (Phi) is 4.53. The molecule has 1 aromatic heterocycles. The van der Waals surface area contributed by atoms with Crippen LogP contribution in [0.25, 0.3) is 0 Å². The molecule has 5 N–H and O–H groups in total. The molecule has 0 amide bonds. The second-order valence-corrected chi connectivity index (χ2v) is 4.62. The van der Waals surface area contributed by atoms with Gasteiger partial charge < -0.3 is 20.0 Å². The zero-order valence-corrected chi connectivity index (χ0v) is 11.7. The van der Waals surface area contributed by atoms with Gasteiger partial charge >= 0.3 is 0 Å². The van der Waals surface area contributed by atoms with Crippen LogP contribution in [0.15, 0.2) is 0 Å². The highest BCUT2D eigenvalue weighted by atomic mass is 16.3. The maximum Gasteiger partial charge on any atom is 0.243 e. The molecule has 1 aliphatic heterocycles. The minimum absolute atomic E-state index is 0.257. The second-order valence-electron chi connectivity index (χ2n) is 4.62. The quantitative estimate of drug-likeness (QED) is 0.379. The normalized spacial score (nSPS) is 22.1. The summed E-state index contributed by atoms with van der Waals surface area (Å²) < 4.78 is 0. The van der Waals surface area contributed by atoms with E-state index in [2.05, 4.69) is 20.4 Å². The molecule has 1 aromatic rings. The molecule has 9 nitrogen and oxygen atoms in total. The summed E-state index contributed by atoms with van der Waals surface area (Å²) in [4.78, 5) is 16.5. The van der Waals surface area contributed by atoms with E-state index in [9.17, 15) is 10.2 Å². The number of nitrogens with zero attached hydrogens (tertiary/aromatic N) is 5. The van der Waals surface area contributed by atoms with Crippen LogP contribution in [0.1, 0.15) is 13.8 Å². The molecule has 1 saturated heterocycles. The summed E-state index contributed by atoms with van der Waals surface area (Å²) in [6.45, 7) is 6.10. The van der Waals surface area contributed by atoms with Crippen molar-refractivity contribution < 1.29 is 10.2 Å². The van der Waals surface area contributed by atoms with Crippen LogP contribution in [0, 0.1) is 0 Å². The Morgan fingerprint density at radius 2 is 1.80 bits per heavy atom. The number of anilines is 3. The molecule has 0 saturated carbocycles. The Hall–Kier alpha value is -1.71. The summed E-state index contributed by atoms with van der Waals surface area (Å²) in [6, 6.07) is 0. The van der Waals surface area contributed by atoms with Crippen LogP contribution in [-0.2, 0) is 0 Å². The third-order valence-electron chi connectivity index (χ3n) is 3.33. The third kappa shape index (κ3) is 2.89. The van der Waals surface area contributed by atoms with Crippen molar-refractivity contribution in [1.82, 2.24) is 15.0 Å². The van der Waals surface area contributed by atoms with Gasteiger partial charge in [0, 0.05) is 26.2 Å². The highest BCUT2D eigenvalue weighted by Crippen LogP contribution is 2.20. The Morgan fingerprint density at radius 3 is 2.30 bits per heavy atom. The van der Waals surface area contributed by atoms with Gasteiger partial charge in [-0.15, -0.1) is 0 Å². The van der Waals surface area contributed by atoms with Gasteiger partial charge in [-0.3, -0.25) is 5.43 Å². The summed E-state index contributed by atoms with van der Waals surface area (Å²) in [7, 11) is 0. The lowest BCUT2D eigenvalue weighted by molar-refractivity contribution is 0.0572. The van der Waals surface area contributed by atoms with Crippen molar-refractivity contribution in [2.24, 2.45) is 5.84 Å². The van der Waals surface area contributed by atoms with E-state index in [1.54, 1.807) is 4.90 Å². The second kappa shape index (κ2) is 6.16. The third-order valence-corrected chi connectivity index (χ3v) is 3.33. The first-order valence-corrected chi connectivity index (χ1v) is 6.67. The monoisotopic (exact) mass is 283 g/mol. The number of aliphatic hydroxyl groups excluding tert-OH is 2. The van der Waals surface area contributed by atoms with Crippen LogP contribution >= 0.6 is 0 Å². The van der Waals surface area contributed by atoms with Gasteiger partial charge in [0.15, 0.2) is 0 Å². The molecule has 9 heteroatoms. The lowest BCUT2D eigenvalue weighted by atomic mass is 10.3. The summed E-state index contributed by atoms with van der Waals surface area (Å²) in [6.07, 6.45) is -1.59. The van der Waals surface area contributed by atoms with Gasteiger partial charge in [0.25, 0.3) is 0 Å². The Bertz CT molecular complexity index is 444. The van der Waals surface area contributed by atoms with Gasteiger partial charge in [0.1, 0.15) is 0 Å². The number of aromatic nitrogens is 3. The molecular weight excluding hydrogens is 262 g/mol. The Morgan fingerprint density at radius 1 is 1.20 bits per heavy atom. The van der Waals surface area contributed by atoms with Crippen molar-refractivity contribution in [3.05, 3.63) is 0 Å². The smallest absolute Gasteiger partial charge is 0.243 e. The average Bonchev–Trinajstić information content (AvgIpc) is 2.80. The largest absolute Gasteiger partial charge is 0.388 e. The van der Waals surface area contributed by atoms with Crippen LogP contribution in [0.4, 0.5) is 17.8 Å². The zero-order valence-electron chi connectivity index (χ0n) is 11.7. The van der Waals surface area contributed by atoms with Crippen molar-refractivity contribution in [3.8, 4) is 0 Å². The number of nitrogens with one attached hydrogen (secondary N) is 1. The molecule has 20 heavy (non-hydrogen) atoms. The van der Waals surface area contributed by atoms with Crippen LogP contribution in [0.2, 0.25) is 0 Å². The summed E-state index contributed by atoms with van der Waals surface area (Å²) in [5.41, 5.74) is 2.42. The lowest BCUT2D eigenvalue weighted by Crippen LogP contribution is -2.29. The summed E-state index contributed by atoms with van der Waals surface area (Å²) >= 11 is 0. The van der Waals surface area contributed by atoms with Crippen molar-refractivity contribution in [3.63, 3.8) is 0 Å². The average molecular weight is 283 g/mol. The molecule has 1 aliphatic rings. The van der Waals surface area contributed by atoms with E-state index in [0.717, 1.165) is 13.1 Å². The van der Waals surface area contributed by atoms with Gasteiger partial charge in [0.2, 0.25) is 17.8 Å². The Labute approximate surface area is 117 Å². The first kappa shape index (κ1) is 14.7. The first-order chi connectivity index (χ1) is 9.58. The molecular formula is C11H21N7O2. The number of aliphatic hydroxyl groups is 2. The number of rotatable bonds is 5. The highest BCUT2D eigenvalue weighted by Gasteiger charge is 2.31. The summed E-state index contributed by atoms with van der Waals surface area (Å²) in [5, 5.41) is 19.2. The lowest BCUT2D eigenvalue weighted by Gasteiger charge is -2.22. The minimum atomic E-state index is -0.794. The van der Waals surface area contributed by atoms with Gasteiger partial charge in [-0.2, -0.15) is 15.0 Å². The molecule has 2 heterocycles. The van der Waals surface area contributed by atoms with Crippen molar-refractivity contribution in [1.29, 1.82) is 0 Å². The van der Waals surface area contributed by atoms with E-state index in [0.29, 0.717) is 11.9 Å². The molecule has 0 radical (unpaired) electrons. The van der Waals surface area contributed by atoms with E-state index < -0.39 is 12.2 Å². The molecule has 0 aliphatic carbocycles. The highest BCUT2D eigenvalue weighted by molar-refractivity contribution is 5.45. The maximum absolute atomic E-state index is 9.61. The van der Waals surface area contributed by atoms with E-state index >= 15 is 0 Å². The maximum atomic E-state index is 9.61.